The molecule has 0 bridgehead atoms. The van der Waals surface area contributed by atoms with Crippen LogP contribution in [0.2, 0.25) is 0 Å². The van der Waals surface area contributed by atoms with Gasteiger partial charge in [-0.3, -0.25) is 9.59 Å². The van der Waals surface area contributed by atoms with Crippen molar-refractivity contribution in [2.75, 3.05) is 13.2 Å². The third kappa shape index (κ3) is 15.9. The van der Waals surface area contributed by atoms with Crippen LogP contribution in [0.25, 0.3) is 0 Å². The maximum atomic E-state index is 11.2. The van der Waals surface area contributed by atoms with Crippen molar-refractivity contribution in [1.82, 2.24) is 0 Å². The molecule has 0 aromatic heterocycles. The SMILES string of the molecule is CC(Cl)CC(=O)OCCCCCCCCOC(=O)CC(C)Cl. The number of carbonyl (C=O) groups excluding carboxylic acids is 2. The number of hydrogen-bond donors (Lipinski definition) is 0. The summed E-state index contributed by atoms with van der Waals surface area (Å²) in [5.41, 5.74) is 0. The van der Waals surface area contributed by atoms with Gasteiger partial charge < -0.3 is 9.47 Å². The van der Waals surface area contributed by atoms with E-state index in [0.717, 1.165) is 38.5 Å². The Morgan fingerprint density at radius 3 is 1.36 bits per heavy atom. The first-order valence-electron chi connectivity index (χ1n) is 8.01. The van der Waals surface area contributed by atoms with Crippen LogP contribution in [0.1, 0.15) is 65.2 Å². The molecule has 0 aromatic carbocycles. The van der Waals surface area contributed by atoms with Gasteiger partial charge in [0.2, 0.25) is 0 Å². The summed E-state index contributed by atoms with van der Waals surface area (Å²) in [5, 5.41) is -0.344. The molecule has 0 aromatic rings. The van der Waals surface area contributed by atoms with Gasteiger partial charge in [0.15, 0.2) is 0 Å². The lowest BCUT2D eigenvalue weighted by Crippen LogP contribution is -2.10. The molecule has 0 aliphatic heterocycles. The number of esters is 2. The second-order valence-electron chi connectivity index (χ2n) is 5.53. The first-order chi connectivity index (χ1) is 10.4. The normalized spacial score (nSPS) is 13.5. The average molecular weight is 355 g/mol. The van der Waals surface area contributed by atoms with E-state index >= 15 is 0 Å². The predicted octanol–water partition coefficient (Wildman–Crippen LogP) is 4.45. The molecule has 0 fully saturated rings. The molecule has 2 atom stereocenters. The van der Waals surface area contributed by atoms with E-state index < -0.39 is 0 Å². The van der Waals surface area contributed by atoms with Gasteiger partial charge >= 0.3 is 11.9 Å². The molecular weight excluding hydrogens is 327 g/mol. The van der Waals surface area contributed by atoms with Crippen molar-refractivity contribution in [1.29, 1.82) is 0 Å². The molecule has 0 N–H and O–H groups in total. The second-order valence-corrected chi connectivity index (χ2v) is 7.02. The Kier molecular flexibility index (Phi) is 13.8. The van der Waals surface area contributed by atoms with Gasteiger partial charge in [-0.1, -0.05) is 25.7 Å². The van der Waals surface area contributed by atoms with Crippen molar-refractivity contribution in [2.24, 2.45) is 0 Å². The molecule has 0 aliphatic carbocycles. The predicted molar refractivity (Wildman–Crippen MR) is 89.5 cm³/mol. The molecule has 0 radical (unpaired) electrons. The number of unbranched alkanes of at least 4 members (excludes halogenated alkanes) is 5. The summed E-state index contributed by atoms with van der Waals surface area (Å²) in [6.45, 7) is 4.49. The van der Waals surface area contributed by atoms with Crippen molar-refractivity contribution >= 4 is 35.1 Å². The minimum Gasteiger partial charge on any atom is -0.466 e. The number of rotatable bonds is 13. The number of ether oxygens (including phenoxy) is 2. The van der Waals surface area contributed by atoms with E-state index in [0.29, 0.717) is 13.2 Å². The summed E-state index contributed by atoms with van der Waals surface area (Å²) < 4.78 is 10.1. The largest absolute Gasteiger partial charge is 0.466 e. The standard InChI is InChI=1S/C16H28Cl2O4/c1-13(17)11-15(19)21-9-7-5-3-4-6-8-10-22-16(20)12-14(2)18/h13-14H,3-12H2,1-2H3. The van der Waals surface area contributed by atoms with Gasteiger partial charge in [-0.15, -0.1) is 23.2 Å². The lowest BCUT2D eigenvalue weighted by molar-refractivity contribution is -0.144. The Morgan fingerprint density at radius 2 is 1.05 bits per heavy atom. The van der Waals surface area contributed by atoms with Crippen LogP contribution >= 0.6 is 23.2 Å². The highest BCUT2D eigenvalue weighted by molar-refractivity contribution is 6.21. The molecule has 4 nitrogen and oxygen atoms in total. The van der Waals surface area contributed by atoms with E-state index in [1.54, 1.807) is 13.8 Å². The summed E-state index contributed by atoms with van der Waals surface area (Å²) >= 11 is 11.4. The second kappa shape index (κ2) is 14.1. The van der Waals surface area contributed by atoms with Crippen molar-refractivity contribution < 1.29 is 19.1 Å². The fourth-order valence-corrected chi connectivity index (χ4v) is 2.11. The Bertz CT molecular complexity index is 277. The van der Waals surface area contributed by atoms with E-state index in [2.05, 4.69) is 0 Å². The molecule has 0 aliphatic rings. The number of hydrogen-bond acceptors (Lipinski definition) is 4. The summed E-state index contributed by atoms with van der Waals surface area (Å²) in [7, 11) is 0. The minimum absolute atomic E-state index is 0.172. The molecule has 0 heterocycles. The maximum absolute atomic E-state index is 11.2. The minimum atomic E-state index is -0.226. The molecule has 0 saturated carbocycles. The Morgan fingerprint density at radius 1 is 0.727 bits per heavy atom. The third-order valence-corrected chi connectivity index (χ3v) is 3.27. The Hall–Kier alpha value is -0.480. The highest BCUT2D eigenvalue weighted by Crippen LogP contribution is 2.08. The van der Waals surface area contributed by atoms with Crippen molar-refractivity contribution in [3.63, 3.8) is 0 Å². The highest BCUT2D eigenvalue weighted by Gasteiger charge is 2.07. The molecule has 0 spiro atoms. The van der Waals surface area contributed by atoms with Crippen LogP contribution < -0.4 is 0 Å². The van der Waals surface area contributed by atoms with Crippen LogP contribution in [-0.2, 0) is 19.1 Å². The topological polar surface area (TPSA) is 52.6 Å². The quantitative estimate of drug-likeness (QED) is 0.278. The molecule has 22 heavy (non-hydrogen) atoms. The van der Waals surface area contributed by atoms with Gasteiger partial charge in [0.25, 0.3) is 0 Å². The lowest BCUT2D eigenvalue weighted by Gasteiger charge is -2.06. The van der Waals surface area contributed by atoms with Gasteiger partial charge in [0, 0.05) is 10.8 Å². The molecule has 0 amide bonds. The van der Waals surface area contributed by atoms with Crippen molar-refractivity contribution in [3.05, 3.63) is 0 Å². The van der Waals surface area contributed by atoms with Gasteiger partial charge in [-0.05, 0) is 26.7 Å². The summed E-state index contributed by atoms with van der Waals surface area (Å²) in [4.78, 5) is 22.5. The molecule has 2 unspecified atom stereocenters. The zero-order chi connectivity index (χ0) is 16.8. The molecule has 6 heteroatoms. The summed E-state index contributed by atoms with van der Waals surface area (Å²) in [6, 6.07) is 0. The summed E-state index contributed by atoms with van der Waals surface area (Å²) in [5.74, 6) is -0.453. The van der Waals surface area contributed by atoms with Gasteiger partial charge in [0.05, 0.1) is 26.1 Å². The molecule has 0 rings (SSSR count). The Labute approximate surface area is 143 Å². The lowest BCUT2D eigenvalue weighted by atomic mass is 10.1. The Balaban J connectivity index is 3.24. The number of carbonyl (C=O) groups is 2. The third-order valence-electron chi connectivity index (χ3n) is 2.96. The van der Waals surface area contributed by atoms with Crippen LogP contribution in [0.4, 0.5) is 0 Å². The zero-order valence-electron chi connectivity index (χ0n) is 13.6. The van der Waals surface area contributed by atoms with Gasteiger partial charge in [-0.2, -0.15) is 0 Å². The highest BCUT2D eigenvalue weighted by atomic mass is 35.5. The number of halogens is 2. The van der Waals surface area contributed by atoms with E-state index in [9.17, 15) is 9.59 Å². The molecular formula is C16H28Cl2O4. The number of alkyl halides is 2. The fraction of sp³-hybridized carbons (Fsp3) is 0.875. The van der Waals surface area contributed by atoms with Crippen LogP contribution in [0.5, 0.6) is 0 Å². The van der Waals surface area contributed by atoms with E-state index in [4.69, 9.17) is 32.7 Å². The van der Waals surface area contributed by atoms with Crippen LogP contribution in [0, 0.1) is 0 Å². The van der Waals surface area contributed by atoms with E-state index in [-0.39, 0.29) is 35.5 Å². The van der Waals surface area contributed by atoms with Crippen LogP contribution in [0.3, 0.4) is 0 Å². The first-order valence-corrected chi connectivity index (χ1v) is 8.88. The van der Waals surface area contributed by atoms with Gasteiger partial charge in [-0.25, -0.2) is 0 Å². The zero-order valence-corrected chi connectivity index (χ0v) is 15.1. The van der Waals surface area contributed by atoms with Crippen LogP contribution in [-0.4, -0.2) is 35.9 Å². The molecule has 0 saturated heterocycles. The van der Waals surface area contributed by atoms with Crippen molar-refractivity contribution in [2.45, 2.75) is 76.0 Å². The maximum Gasteiger partial charge on any atom is 0.307 e. The average Bonchev–Trinajstić information content (AvgIpc) is 2.39. The van der Waals surface area contributed by atoms with Gasteiger partial charge in [0.1, 0.15) is 0 Å². The first kappa shape index (κ1) is 21.5. The molecule has 130 valence electrons. The monoisotopic (exact) mass is 354 g/mol. The summed E-state index contributed by atoms with van der Waals surface area (Å²) in [6.07, 6.45) is 6.55. The van der Waals surface area contributed by atoms with Crippen LogP contribution in [0.15, 0.2) is 0 Å². The van der Waals surface area contributed by atoms with Crippen molar-refractivity contribution in [3.8, 4) is 0 Å². The fourth-order valence-electron chi connectivity index (χ4n) is 1.86. The van der Waals surface area contributed by atoms with E-state index in [1.807, 2.05) is 0 Å². The van der Waals surface area contributed by atoms with E-state index in [1.165, 1.54) is 0 Å². The smallest absolute Gasteiger partial charge is 0.307 e.